The van der Waals surface area contributed by atoms with Gasteiger partial charge in [0.05, 0.1) is 24.7 Å². The first kappa shape index (κ1) is 55.1. The summed E-state index contributed by atoms with van der Waals surface area (Å²) >= 11 is 0. The van der Waals surface area contributed by atoms with Gasteiger partial charge in [-0.3, -0.25) is 4.55 Å². The fraction of sp³-hybridized carbons (Fsp3) is 0.508. The second kappa shape index (κ2) is 26.0. The molecule has 0 radical (unpaired) electrons. The molecule has 5 aromatic rings. The molecule has 72 heavy (non-hydrogen) atoms. The van der Waals surface area contributed by atoms with Crippen LogP contribution in [0.15, 0.2) is 120 Å². The highest BCUT2D eigenvalue weighted by molar-refractivity contribution is 7.85. The van der Waals surface area contributed by atoms with Crippen molar-refractivity contribution < 1.29 is 27.6 Å². The van der Waals surface area contributed by atoms with Crippen molar-refractivity contribution in [3.05, 3.63) is 143 Å². The van der Waals surface area contributed by atoms with E-state index in [2.05, 4.69) is 113 Å². The van der Waals surface area contributed by atoms with Gasteiger partial charge in [0.25, 0.3) is 10.1 Å². The molecule has 5 aromatic carbocycles. The van der Waals surface area contributed by atoms with E-state index < -0.39 is 15.7 Å². The van der Waals surface area contributed by atoms with Gasteiger partial charge in [0, 0.05) is 0 Å². The van der Waals surface area contributed by atoms with Gasteiger partial charge >= 0.3 is 0 Å². The number of hydrogen-bond donors (Lipinski definition) is 2. The fourth-order valence-electron chi connectivity index (χ4n) is 12.8. The molecule has 0 heterocycles. The van der Waals surface area contributed by atoms with Crippen molar-refractivity contribution in [2.75, 3.05) is 14.2 Å². The molecule has 1 atom stereocenters. The molecule has 3 saturated carbocycles. The molecule has 4 aliphatic carbocycles. The summed E-state index contributed by atoms with van der Waals surface area (Å²) in [4.78, 5) is -0.0666. The predicted molar refractivity (Wildman–Crippen MR) is 299 cm³/mol. The van der Waals surface area contributed by atoms with Crippen LogP contribution in [0.5, 0.6) is 11.5 Å². The van der Waals surface area contributed by atoms with Crippen LogP contribution in [0.2, 0.25) is 0 Å². The Kier molecular flexibility index (Phi) is 19.9. The Bertz CT molecular complexity index is 2590. The van der Waals surface area contributed by atoms with Crippen LogP contribution >= 0.6 is 0 Å². The molecule has 0 spiro atoms. The molecule has 2 N–H and O–H groups in total. The third kappa shape index (κ3) is 14.8. The van der Waals surface area contributed by atoms with Crippen LogP contribution in [0.3, 0.4) is 0 Å². The molecule has 388 valence electrons. The van der Waals surface area contributed by atoms with Gasteiger partial charge in [0.1, 0.15) is 11.5 Å². The highest BCUT2D eigenvalue weighted by Crippen LogP contribution is 2.47. The molecular weight excluding hydrogens is 909 g/mol. The quantitative estimate of drug-likeness (QED) is 0.114. The minimum absolute atomic E-state index is 0.0666. The van der Waals surface area contributed by atoms with Gasteiger partial charge in [-0.1, -0.05) is 150 Å². The summed E-state index contributed by atoms with van der Waals surface area (Å²) in [6.45, 7) is 10.8. The fourth-order valence-corrected chi connectivity index (χ4v) is 13.3. The zero-order valence-electron chi connectivity index (χ0n) is 44.8. The van der Waals surface area contributed by atoms with Crippen LogP contribution in [0.25, 0.3) is 27.8 Å². The van der Waals surface area contributed by atoms with E-state index in [0.717, 1.165) is 71.0 Å². The summed E-state index contributed by atoms with van der Waals surface area (Å²) < 4.78 is 40.2. The monoisotopic (exact) mass is 995 g/mol. The van der Waals surface area contributed by atoms with Crippen molar-refractivity contribution in [3.63, 3.8) is 0 Å². The van der Waals surface area contributed by atoms with Gasteiger partial charge in [0.15, 0.2) is 0 Å². The largest absolute Gasteiger partial charge is 0.497 e. The van der Waals surface area contributed by atoms with Gasteiger partial charge in [-0.2, -0.15) is 8.42 Å². The average molecular weight is 995 g/mol. The molecule has 7 heteroatoms. The van der Waals surface area contributed by atoms with Crippen molar-refractivity contribution in [1.82, 2.24) is 0 Å². The normalized spacial score (nSPS) is 24.4. The van der Waals surface area contributed by atoms with Crippen LogP contribution < -0.4 is 9.47 Å². The number of aryl methyl sites for hydroxylation is 3. The van der Waals surface area contributed by atoms with Gasteiger partial charge < -0.3 is 14.6 Å². The van der Waals surface area contributed by atoms with Crippen molar-refractivity contribution in [2.24, 2.45) is 35.5 Å². The topological polar surface area (TPSA) is 93.1 Å². The molecule has 4 aliphatic rings. The number of hydrogen-bond acceptors (Lipinski definition) is 5. The van der Waals surface area contributed by atoms with E-state index in [1.165, 1.54) is 160 Å². The van der Waals surface area contributed by atoms with E-state index in [1.807, 2.05) is 13.0 Å². The Morgan fingerprint density at radius 1 is 0.542 bits per heavy atom. The van der Waals surface area contributed by atoms with E-state index in [-0.39, 0.29) is 4.90 Å². The molecule has 0 amide bonds. The zero-order chi connectivity index (χ0) is 51.3. The summed E-state index contributed by atoms with van der Waals surface area (Å²) in [6.07, 6.45) is 27.9. The number of ether oxygens (including phenoxy) is 2. The molecule has 9 rings (SSSR count). The van der Waals surface area contributed by atoms with Crippen LogP contribution in [-0.4, -0.2) is 32.3 Å². The number of methoxy groups -OCH3 is 2. The highest BCUT2D eigenvalue weighted by atomic mass is 32.2. The second-order valence-corrected chi connectivity index (χ2v) is 23.5. The Hall–Kier alpha value is -4.69. The third-order valence-corrected chi connectivity index (χ3v) is 18.2. The van der Waals surface area contributed by atoms with Crippen molar-refractivity contribution >= 4 is 15.7 Å². The highest BCUT2D eigenvalue weighted by Gasteiger charge is 2.38. The lowest BCUT2D eigenvalue weighted by molar-refractivity contribution is -0.0260. The SMILES string of the molecule is CCCC1CCC(C2CC=C(c3ccc(-c4ccc(OC)cc4C)cc3)CC2)CC1.CCCC1CCC(C2CCC(O)(c3ccc(-c4ccc(OC)cc4C)cc3)CC2)CC1.Cc1ccc(S(=O)(=O)O)cc1. The van der Waals surface area contributed by atoms with Gasteiger partial charge in [-0.05, 0) is 213 Å². The third-order valence-electron chi connectivity index (χ3n) is 17.3. The maximum atomic E-state index is 11.4. The van der Waals surface area contributed by atoms with E-state index in [0.29, 0.717) is 0 Å². The van der Waals surface area contributed by atoms with Crippen molar-refractivity contribution in [2.45, 2.75) is 167 Å². The molecule has 0 bridgehead atoms. The van der Waals surface area contributed by atoms with Crippen molar-refractivity contribution in [1.29, 1.82) is 0 Å². The summed E-state index contributed by atoms with van der Waals surface area (Å²) in [5, 5.41) is 11.4. The van der Waals surface area contributed by atoms with E-state index in [9.17, 15) is 13.5 Å². The zero-order valence-corrected chi connectivity index (χ0v) is 45.6. The lowest BCUT2D eigenvalue weighted by atomic mass is 9.66. The first-order valence-electron chi connectivity index (χ1n) is 27.7. The Morgan fingerprint density at radius 3 is 1.40 bits per heavy atom. The van der Waals surface area contributed by atoms with E-state index in [1.54, 1.807) is 31.9 Å². The smallest absolute Gasteiger partial charge is 0.294 e. The van der Waals surface area contributed by atoms with E-state index >= 15 is 0 Å². The van der Waals surface area contributed by atoms with Crippen molar-refractivity contribution in [3.8, 4) is 33.8 Å². The molecule has 0 aromatic heterocycles. The van der Waals surface area contributed by atoms with Crippen LogP contribution in [-0.2, 0) is 15.7 Å². The van der Waals surface area contributed by atoms with Crippen LogP contribution in [0, 0.1) is 56.3 Å². The maximum absolute atomic E-state index is 11.4. The second-order valence-electron chi connectivity index (χ2n) is 22.1. The first-order chi connectivity index (χ1) is 34.7. The lowest BCUT2D eigenvalue weighted by Gasteiger charge is -2.41. The average Bonchev–Trinajstić information content (AvgIpc) is 3.40. The van der Waals surface area contributed by atoms with Gasteiger partial charge in [0.2, 0.25) is 0 Å². The van der Waals surface area contributed by atoms with Crippen LogP contribution in [0.1, 0.15) is 164 Å². The minimum Gasteiger partial charge on any atom is -0.497 e. The number of rotatable bonds is 13. The Balaban J connectivity index is 0.000000175. The molecule has 0 aliphatic heterocycles. The number of allylic oxidation sites excluding steroid dienone is 2. The van der Waals surface area contributed by atoms with Gasteiger partial charge in [-0.25, -0.2) is 0 Å². The lowest BCUT2D eigenvalue weighted by Crippen LogP contribution is -2.34. The molecule has 6 nitrogen and oxygen atoms in total. The summed E-state index contributed by atoms with van der Waals surface area (Å²) in [7, 11) is -0.590. The molecule has 1 unspecified atom stereocenters. The first-order valence-corrected chi connectivity index (χ1v) is 29.1. The molecular formula is C65H86O6S. The standard InChI is InChI=1S/C29H40O2.C29H38O.C7H8O3S/c1-4-5-22-6-8-23(9-7-22)24-16-18-29(30,19-17-24)26-12-10-25(11-13-26)28-15-14-27(31-3)20-21(28)2;1-4-5-22-6-8-23(9-7-22)24-10-12-25(13-11-24)26-14-16-27(17-15-26)29-19-18-28(30-3)20-21(29)2;1-6-2-4-7(5-3-6)11(8,9)10/h10-15,20,22-24,30H,4-9,16-19H2,1-3H3;12,14-20,22-24H,4-11,13H2,1-3H3;2-5H,1H3,(H,8,9,10). The Labute approximate surface area is 434 Å². The number of benzene rings is 5. The Morgan fingerprint density at radius 2 is 0.986 bits per heavy atom. The summed E-state index contributed by atoms with van der Waals surface area (Å²) in [5.74, 6) is 7.45. The summed E-state index contributed by atoms with van der Waals surface area (Å²) in [6, 6.07) is 36.4. The van der Waals surface area contributed by atoms with Crippen LogP contribution in [0.4, 0.5) is 0 Å². The predicted octanol–water partition coefficient (Wildman–Crippen LogP) is 17.4. The van der Waals surface area contributed by atoms with E-state index in [4.69, 9.17) is 14.0 Å². The summed E-state index contributed by atoms with van der Waals surface area (Å²) in [5.41, 5.74) is 11.8. The van der Waals surface area contributed by atoms with Gasteiger partial charge in [-0.15, -0.1) is 0 Å². The molecule has 0 saturated heterocycles. The molecule has 3 fully saturated rings. The minimum atomic E-state index is -4.02. The maximum Gasteiger partial charge on any atom is 0.294 e. The number of aliphatic hydroxyl groups is 1.